The number of nitrogens with zero attached hydrogens (tertiary/aromatic N) is 2. The lowest BCUT2D eigenvalue weighted by molar-refractivity contribution is -0.138. The average molecular weight is 405 g/mol. The predicted octanol–water partition coefficient (Wildman–Crippen LogP) is 4.02. The van der Waals surface area contributed by atoms with E-state index in [2.05, 4.69) is 59.5 Å². The maximum absolute atomic E-state index is 13.3. The van der Waals surface area contributed by atoms with Gasteiger partial charge in [-0.3, -0.25) is 9.69 Å². The first kappa shape index (κ1) is 20.8. The zero-order valence-corrected chi connectivity index (χ0v) is 18.1. The highest BCUT2D eigenvalue weighted by molar-refractivity contribution is 5.83. The van der Waals surface area contributed by atoms with E-state index in [0.29, 0.717) is 0 Å². The Kier molecular flexibility index (Phi) is 6.35. The van der Waals surface area contributed by atoms with Crippen LogP contribution in [0.5, 0.6) is 0 Å². The predicted molar refractivity (Wildman–Crippen MR) is 121 cm³/mol. The molecule has 0 aliphatic carbocycles. The fourth-order valence-electron chi connectivity index (χ4n) is 4.80. The van der Waals surface area contributed by atoms with Crippen LogP contribution in [-0.2, 0) is 16.0 Å². The molecule has 2 heterocycles. The summed E-state index contributed by atoms with van der Waals surface area (Å²) in [5.41, 5.74) is 4.66. The Labute approximate surface area is 180 Å². The molecule has 0 bridgehead atoms. The van der Waals surface area contributed by atoms with Crippen LogP contribution < -0.4 is 0 Å². The third-order valence-electron chi connectivity index (χ3n) is 6.31. The molecule has 158 valence electrons. The van der Waals surface area contributed by atoms with Crippen molar-refractivity contribution in [2.75, 3.05) is 46.9 Å². The maximum Gasteiger partial charge on any atom is 0.229 e. The van der Waals surface area contributed by atoms with Crippen molar-refractivity contribution in [2.45, 2.75) is 19.3 Å². The molecule has 1 atom stereocenters. The molecule has 1 saturated heterocycles. The Morgan fingerprint density at radius 3 is 2.47 bits per heavy atom. The lowest BCUT2D eigenvalue weighted by Crippen LogP contribution is -2.44. The summed E-state index contributed by atoms with van der Waals surface area (Å²) in [6, 6.07) is 19.2. The van der Waals surface area contributed by atoms with Crippen LogP contribution in [0, 0.1) is 5.41 Å². The Bertz CT molecular complexity index is 889. The molecule has 2 aliphatic heterocycles. The van der Waals surface area contributed by atoms with Crippen LogP contribution in [0.3, 0.4) is 0 Å². The Morgan fingerprint density at radius 2 is 1.80 bits per heavy atom. The van der Waals surface area contributed by atoms with Crippen molar-refractivity contribution in [3.05, 3.63) is 71.8 Å². The lowest BCUT2D eigenvalue weighted by Gasteiger charge is -2.31. The minimum absolute atomic E-state index is 0.242. The van der Waals surface area contributed by atoms with Crippen molar-refractivity contribution >= 4 is 5.91 Å². The van der Waals surface area contributed by atoms with Gasteiger partial charge in [0.25, 0.3) is 0 Å². The highest BCUT2D eigenvalue weighted by atomic mass is 16.5. The van der Waals surface area contributed by atoms with Crippen LogP contribution in [-0.4, -0.2) is 62.7 Å². The summed E-state index contributed by atoms with van der Waals surface area (Å²) in [5.74, 6) is 0.242. The smallest absolute Gasteiger partial charge is 0.229 e. The summed E-state index contributed by atoms with van der Waals surface area (Å²) >= 11 is 0. The molecule has 2 aromatic rings. The fourth-order valence-corrected chi connectivity index (χ4v) is 4.80. The zero-order valence-electron chi connectivity index (χ0n) is 18.1. The van der Waals surface area contributed by atoms with E-state index in [0.717, 1.165) is 52.1 Å². The van der Waals surface area contributed by atoms with E-state index in [1.54, 1.807) is 4.90 Å². The second kappa shape index (κ2) is 9.15. The van der Waals surface area contributed by atoms with Gasteiger partial charge in [0.2, 0.25) is 5.91 Å². The van der Waals surface area contributed by atoms with Gasteiger partial charge in [0.1, 0.15) is 0 Å². The normalized spacial score (nSPS) is 22.0. The summed E-state index contributed by atoms with van der Waals surface area (Å²) in [4.78, 5) is 17.5. The topological polar surface area (TPSA) is 32.8 Å². The molecule has 2 aromatic carbocycles. The first-order chi connectivity index (χ1) is 14.6. The second-order valence-corrected chi connectivity index (χ2v) is 8.88. The van der Waals surface area contributed by atoms with Crippen molar-refractivity contribution in [3.63, 3.8) is 0 Å². The standard InChI is InChI=1S/C26H32N2O2/c1-27(2)25(29)26(14-15-28(20-26)18-22-7-6-16-30-19-22)17-21-10-12-24(13-11-21)23-8-4-3-5-9-23/h3-5,7-13H,6,14-20H2,1-2H3/t26-/m1/s1. The highest BCUT2D eigenvalue weighted by Gasteiger charge is 2.45. The Morgan fingerprint density at radius 1 is 1.07 bits per heavy atom. The summed E-state index contributed by atoms with van der Waals surface area (Å²) in [5, 5.41) is 0. The molecule has 0 saturated carbocycles. The number of amides is 1. The maximum atomic E-state index is 13.3. The molecule has 1 fully saturated rings. The fraction of sp³-hybridized carbons (Fsp3) is 0.423. The number of benzene rings is 2. The monoisotopic (exact) mass is 404 g/mol. The van der Waals surface area contributed by atoms with Crippen LogP contribution in [0.1, 0.15) is 18.4 Å². The van der Waals surface area contributed by atoms with Gasteiger partial charge >= 0.3 is 0 Å². The van der Waals surface area contributed by atoms with Crippen LogP contribution in [0.2, 0.25) is 0 Å². The molecule has 0 spiro atoms. The lowest BCUT2D eigenvalue weighted by atomic mass is 9.79. The summed E-state index contributed by atoms with van der Waals surface area (Å²) in [6.07, 6.45) is 4.99. The number of carbonyl (C=O) groups is 1. The summed E-state index contributed by atoms with van der Waals surface area (Å²) < 4.78 is 5.60. The first-order valence-corrected chi connectivity index (χ1v) is 10.9. The van der Waals surface area contributed by atoms with E-state index in [1.807, 2.05) is 20.2 Å². The first-order valence-electron chi connectivity index (χ1n) is 10.9. The molecule has 0 radical (unpaired) electrons. The number of carbonyl (C=O) groups excluding carboxylic acids is 1. The molecular formula is C26H32N2O2. The quantitative estimate of drug-likeness (QED) is 0.682. The third kappa shape index (κ3) is 4.66. The van der Waals surface area contributed by atoms with E-state index in [1.165, 1.54) is 22.3 Å². The van der Waals surface area contributed by atoms with Crippen molar-refractivity contribution in [1.82, 2.24) is 9.80 Å². The largest absolute Gasteiger partial charge is 0.377 e. The van der Waals surface area contributed by atoms with Crippen molar-refractivity contribution in [1.29, 1.82) is 0 Å². The molecular weight excluding hydrogens is 372 g/mol. The van der Waals surface area contributed by atoms with E-state index >= 15 is 0 Å². The minimum Gasteiger partial charge on any atom is -0.377 e. The molecule has 30 heavy (non-hydrogen) atoms. The molecule has 2 aliphatic rings. The second-order valence-electron chi connectivity index (χ2n) is 8.88. The number of ether oxygens (including phenoxy) is 1. The average Bonchev–Trinajstić information content (AvgIpc) is 3.18. The van der Waals surface area contributed by atoms with Crippen LogP contribution in [0.4, 0.5) is 0 Å². The number of hydrogen-bond acceptors (Lipinski definition) is 3. The third-order valence-corrected chi connectivity index (χ3v) is 6.31. The number of likely N-dealkylation sites (tertiary alicyclic amines) is 1. The van der Waals surface area contributed by atoms with Gasteiger partial charge in [0, 0.05) is 27.2 Å². The Hall–Kier alpha value is -2.43. The molecule has 1 amide bonds. The van der Waals surface area contributed by atoms with E-state index in [9.17, 15) is 4.79 Å². The summed E-state index contributed by atoms with van der Waals surface area (Å²) in [6.45, 7) is 4.23. The number of hydrogen-bond donors (Lipinski definition) is 0. The van der Waals surface area contributed by atoms with Gasteiger partial charge in [0.05, 0.1) is 18.6 Å². The molecule has 0 aromatic heterocycles. The van der Waals surface area contributed by atoms with Gasteiger partial charge in [-0.05, 0) is 48.1 Å². The van der Waals surface area contributed by atoms with Gasteiger partial charge in [-0.25, -0.2) is 0 Å². The van der Waals surface area contributed by atoms with Crippen LogP contribution in [0.25, 0.3) is 11.1 Å². The van der Waals surface area contributed by atoms with Gasteiger partial charge < -0.3 is 9.64 Å². The van der Waals surface area contributed by atoms with Crippen LogP contribution in [0.15, 0.2) is 66.2 Å². The van der Waals surface area contributed by atoms with Gasteiger partial charge in [-0.15, -0.1) is 0 Å². The zero-order chi connectivity index (χ0) is 21.0. The van der Waals surface area contributed by atoms with Crippen LogP contribution >= 0.6 is 0 Å². The molecule has 0 unspecified atom stereocenters. The minimum atomic E-state index is -0.353. The molecule has 4 rings (SSSR count). The van der Waals surface area contributed by atoms with E-state index < -0.39 is 0 Å². The van der Waals surface area contributed by atoms with Gasteiger partial charge in [0.15, 0.2) is 0 Å². The summed E-state index contributed by atoms with van der Waals surface area (Å²) in [7, 11) is 3.76. The number of rotatable bonds is 6. The molecule has 4 heteroatoms. The van der Waals surface area contributed by atoms with Gasteiger partial charge in [-0.1, -0.05) is 60.7 Å². The SMILES string of the molecule is CN(C)C(=O)[C@@]1(Cc2ccc(-c3ccccc3)cc2)CCN(CC2=CCCOC2)C1. The van der Waals surface area contributed by atoms with E-state index in [4.69, 9.17) is 4.74 Å². The van der Waals surface area contributed by atoms with E-state index in [-0.39, 0.29) is 11.3 Å². The van der Waals surface area contributed by atoms with Crippen molar-refractivity contribution < 1.29 is 9.53 Å². The highest BCUT2D eigenvalue weighted by Crippen LogP contribution is 2.37. The van der Waals surface area contributed by atoms with Gasteiger partial charge in [-0.2, -0.15) is 0 Å². The van der Waals surface area contributed by atoms with Crippen molar-refractivity contribution in [2.24, 2.45) is 5.41 Å². The Balaban J connectivity index is 1.50. The molecule has 4 nitrogen and oxygen atoms in total. The molecule has 0 N–H and O–H groups in total. The van der Waals surface area contributed by atoms with Crippen molar-refractivity contribution in [3.8, 4) is 11.1 Å².